The third-order valence-corrected chi connectivity index (χ3v) is 2.37. The van der Waals surface area contributed by atoms with Crippen LogP contribution in [0.15, 0.2) is 6.07 Å². The van der Waals surface area contributed by atoms with Crippen LogP contribution in [0.2, 0.25) is 0 Å². The molecule has 0 atom stereocenters. The quantitative estimate of drug-likeness (QED) is 0.637. The Kier molecular flexibility index (Phi) is 5.01. The second kappa shape index (κ2) is 6.50. The predicted octanol–water partition coefficient (Wildman–Crippen LogP) is 1.49. The lowest BCUT2D eigenvalue weighted by Gasteiger charge is -2.06. The topological polar surface area (TPSA) is 100 Å². The van der Waals surface area contributed by atoms with Crippen LogP contribution in [0.25, 0.3) is 0 Å². The average Bonchev–Trinajstić information content (AvgIpc) is 2.38. The number of pyridine rings is 1. The van der Waals surface area contributed by atoms with E-state index in [0.29, 0.717) is 5.69 Å². The fourth-order valence-corrected chi connectivity index (χ4v) is 1.51. The van der Waals surface area contributed by atoms with Crippen molar-refractivity contribution in [3.63, 3.8) is 0 Å². The molecule has 0 aliphatic heterocycles. The maximum absolute atomic E-state index is 11.9. The summed E-state index contributed by atoms with van der Waals surface area (Å²) in [7, 11) is 0. The summed E-state index contributed by atoms with van der Waals surface area (Å²) in [6, 6.07) is 3.17. The third kappa shape index (κ3) is 3.78. The summed E-state index contributed by atoms with van der Waals surface area (Å²) >= 11 is 0. The van der Waals surface area contributed by atoms with E-state index in [1.165, 1.54) is 6.07 Å². The summed E-state index contributed by atoms with van der Waals surface area (Å²) in [5.74, 6) is -1.42. The van der Waals surface area contributed by atoms with Crippen LogP contribution in [0.4, 0.5) is 0 Å². The molecule has 0 aliphatic carbocycles. The molecule has 6 heteroatoms. The van der Waals surface area contributed by atoms with Crippen molar-refractivity contribution < 1.29 is 19.4 Å². The molecule has 0 spiro atoms. The van der Waals surface area contributed by atoms with Crippen molar-refractivity contribution in [1.82, 2.24) is 4.98 Å². The molecular weight excluding hydrogens is 248 g/mol. The van der Waals surface area contributed by atoms with Gasteiger partial charge in [-0.2, -0.15) is 5.26 Å². The van der Waals surface area contributed by atoms with Crippen molar-refractivity contribution in [2.24, 2.45) is 0 Å². The van der Waals surface area contributed by atoms with Crippen molar-refractivity contribution in [2.75, 3.05) is 6.61 Å². The van der Waals surface area contributed by atoms with Crippen molar-refractivity contribution >= 4 is 11.8 Å². The van der Waals surface area contributed by atoms with Crippen molar-refractivity contribution in [2.45, 2.75) is 26.7 Å². The number of hydrogen-bond acceptors (Lipinski definition) is 6. The van der Waals surface area contributed by atoms with Gasteiger partial charge in [-0.15, -0.1) is 0 Å². The van der Waals surface area contributed by atoms with E-state index in [1.807, 2.05) is 0 Å². The fraction of sp³-hybridized carbons (Fsp3) is 0.385. The predicted molar refractivity (Wildman–Crippen MR) is 65.6 cm³/mol. The zero-order valence-electron chi connectivity index (χ0n) is 10.8. The van der Waals surface area contributed by atoms with E-state index < -0.39 is 17.5 Å². The van der Waals surface area contributed by atoms with Gasteiger partial charge in [-0.05, 0) is 19.9 Å². The molecule has 0 amide bonds. The van der Waals surface area contributed by atoms with Crippen LogP contribution in [0.3, 0.4) is 0 Å². The molecule has 1 aromatic heterocycles. The first-order valence-corrected chi connectivity index (χ1v) is 5.79. The Hall–Kier alpha value is -2.42. The number of Topliss-reactive ketones (excluding diaryl/α,β-unsaturated/α-hetero) is 1. The smallest absolute Gasteiger partial charge is 0.306 e. The van der Waals surface area contributed by atoms with E-state index in [-0.39, 0.29) is 30.7 Å². The average molecular weight is 262 g/mol. The highest BCUT2D eigenvalue weighted by molar-refractivity contribution is 5.98. The number of nitrogens with zero attached hydrogens (tertiary/aromatic N) is 2. The number of aromatic nitrogens is 1. The van der Waals surface area contributed by atoms with Crippen LogP contribution < -0.4 is 0 Å². The summed E-state index contributed by atoms with van der Waals surface area (Å²) in [5, 5.41) is 18.5. The molecule has 100 valence electrons. The van der Waals surface area contributed by atoms with Crippen molar-refractivity contribution in [3.05, 3.63) is 23.0 Å². The van der Waals surface area contributed by atoms with Crippen LogP contribution in [0, 0.1) is 18.3 Å². The van der Waals surface area contributed by atoms with Crippen LogP contribution in [-0.4, -0.2) is 28.4 Å². The number of carbonyl (C=O) groups excluding carboxylic acids is 2. The molecule has 0 saturated carbocycles. The van der Waals surface area contributed by atoms with Gasteiger partial charge in [-0.25, -0.2) is 4.98 Å². The van der Waals surface area contributed by atoms with Gasteiger partial charge in [-0.1, -0.05) is 0 Å². The molecule has 1 rings (SSSR count). The van der Waals surface area contributed by atoms with Crippen LogP contribution in [0.5, 0.6) is 5.75 Å². The lowest BCUT2D eigenvalue weighted by atomic mass is 10.1. The number of aromatic hydroxyl groups is 1. The third-order valence-electron chi connectivity index (χ3n) is 2.37. The van der Waals surface area contributed by atoms with Gasteiger partial charge in [0.2, 0.25) is 0 Å². The normalized spacial score (nSPS) is 9.74. The molecule has 0 aromatic carbocycles. The molecular formula is C13H14N2O4. The van der Waals surface area contributed by atoms with Gasteiger partial charge in [0, 0.05) is 12.1 Å². The SMILES string of the molecule is CCOC(=O)CCC(=O)c1nc(C)cc(C#N)c1O. The molecule has 0 fully saturated rings. The molecule has 19 heavy (non-hydrogen) atoms. The van der Waals surface area contributed by atoms with Gasteiger partial charge in [0.15, 0.2) is 11.5 Å². The van der Waals surface area contributed by atoms with Gasteiger partial charge in [-0.3, -0.25) is 9.59 Å². The van der Waals surface area contributed by atoms with Crippen molar-refractivity contribution in [1.29, 1.82) is 5.26 Å². The first-order chi connectivity index (χ1) is 8.99. The second-order valence-corrected chi connectivity index (χ2v) is 3.85. The molecule has 1 aromatic rings. The number of esters is 1. The second-order valence-electron chi connectivity index (χ2n) is 3.85. The number of ether oxygens (including phenoxy) is 1. The van der Waals surface area contributed by atoms with Gasteiger partial charge in [0.25, 0.3) is 0 Å². The highest BCUT2D eigenvalue weighted by Crippen LogP contribution is 2.22. The Morgan fingerprint density at radius 3 is 2.74 bits per heavy atom. The minimum atomic E-state index is -0.495. The first kappa shape index (κ1) is 14.6. The summed E-state index contributed by atoms with van der Waals surface area (Å²) < 4.78 is 4.70. The molecule has 0 radical (unpaired) electrons. The van der Waals surface area contributed by atoms with Crippen LogP contribution >= 0.6 is 0 Å². The molecule has 0 bridgehead atoms. The van der Waals surface area contributed by atoms with E-state index in [4.69, 9.17) is 10.00 Å². The number of hydrogen-bond donors (Lipinski definition) is 1. The zero-order valence-corrected chi connectivity index (χ0v) is 10.8. The Balaban J connectivity index is 2.86. The Bertz CT molecular complexity index is 546. The molecule has 0 unspecified atom stereocenters. The summed E-state index contributed by atoms with van der Waals surface area (Å²) in [6.07, 6.45) is -0.197. The summed E-state index contributed by atoms with van der Waals surface area (Å²) in [6.45, 7) is 3.54. The molecule has 0 saturated heterocycles. The molecule has 1 heterocycles. The van der Waals surface area contributed by atoms with Crippen LogP contribution in [-0.2, 0) is 9.53 Å². The number of nitriles is 1. The lowest BCUT2D eigenvalue weighted by molar-refractivity contribution is -0.143. The lowest BCUT2D eigenvalue weighted by Crippen LogP contribution is -2.10. The van der Waals surface area contributed by atoms with Crippen molar-refractivity contribution in [3.8, 4) is 11.8 Å². The number of ketones is 1. The van der Waals surface area contributed by atoms with E-state index >= 15 is 0 Å². The first-order valence-electron chi connectivity index (χ1n) is 5.79. The molecule has 1 N–H and O–H groups in total. The number of rotatable bonds is 5. The van der Waals surface area contributed by atoms with E-state index in [0.717, 1.165) is 0 Å². The Morgan fingerprint density at radius 2 is 2.16 bits per heavy atom. The highest BCUT2D eigenvalue weighted by atomic mass is 16.5. The van der Waals surface area contributed by atoms with Gasteiger partial charge in [0.1, 0.15) is 11.8 Å². The van der Waals surface area contributed by atoms with Crippen LogP contribution in [0.1, 0.15) is 41.5 Å². The van der Waals surface area contributed by atoms with E-state index in [2.05, 4.69) is 4.98 Å². The zero-order chi connectivity index (χ0) is 14.4. The minimum Gasteiger partial charge on any atom is -0.504 e. The van der Waals surface area contributed by atoms with E-state index in [1.54, 1.807) is 19.9 Å². The Morgan fingerprint density at radius 1 is 1.47 bits per heavy atom. The van der Waals surface area contributed by atoms with E-state index in [9.17, 15) is 14.7 Å². The maximum atomic E-state index is 11.9. The van der Waals surface area contributed by atoms with Gasteiger partial charge >= 0.3 is 5.97 Å². The number of aryl methyl sites for hydroxylation is 1. The molecule has 0 aliphatic rings. The largest absolute Gasteiger partial charge is 0.504 e. The Labute approximate surface area is 110 Å². The summed E-state index contributed by atoms with van der Waals surface area (Å²) in [5.41, 5.74) is 0.265. The minimum absolute atomic E-state index is 0.00742. The standard InChI is InChI=1S/C13H14N2O4/c1-3-19-11(17)5-4-10(16)12-13(18)9(7-14)6-8(2)15-12/h6,18H,3-5H2,1-2H3. The monoisotopic (exact) mass is 262 g/mol. The molecule has 6 nitrogen and oxygen atoms in total. The number of carbonyl (C=O) groups is 2. The van der Waals surface area contributed by atoms with Gasteiger partial charge in [0.05, 0.1) is 18.6 Å². The van der Waals surface area contributed by atoms with Gasteiger partial charge < -0.3 is 9.84 Å². The summed E-state index contributed by atoms with van der Waals surface area (Å²) in [4.78, 5) is 26.9. The maximum Gasteiger partial charge on any atom is 0.306 e. The highest BCUT2D eigenvalue weighted by Gasteiger charge is 2.18. The fourth-order valence-electron chi connectivity index (χ4n) is 1.51.